The van der Waals surface area contributed by atoms with Crippen LogP contribution < -0.4 is 10.0 Å². The van der Waals surface area contributed by atoms with E-state index in [1.807, 2.05) is 0 Å². The van der Waals surface area contributed by atoms with Gasteiger partial charge in [0.25, 0.3) is 0 Å². The first-order valence-electron chi connectivity index (χ1n) is 4.35. The van der Waals surface area contributed by atoms with Gasteiger partial charge in [-0.1, -0.05) is 0 Å². The Bertz CT molecular complexity index is 220. The van der Waals surface area contributed by atoms with E-state index in [9.17, 15) is 8.42 Å². The first-order chi connectivity index (χ1) is 5.64. The third kappa shape index (κ3) is 3.08. The zero-order valence-electron chi connectivity index (χ0n) is 7.34. The van der Waals surface area contributed by atoms with Crippen molar-refractivity contribution in [2.75, 3.05) is 18.8 Å². The molecule has 0 bridgehead atoms. The van der Waals surface area contributed by atoms with E-state index < -0.39 is 10.0 Å². The minimum atomic E-state index is -3.01. The molecule has 1 saturated heterocycles. The summed E-state index contributed by atoms with van der Waals surface area (Å²) >= 11 is 0. The maximum atomic E-state index is 11.1. The standard InChI is InChI=1S/C7H16N2O2S/c1-2-12(10,11)9-7-4-3-5-8-6-7/h7-9H,2-6H2,1H3/t7-/m0/s1. The lowest BCUT2D eigenvalue weighted by Gasteiger charge is -2.23. The highest BCUT2D eigenvalue weighted by Gasteiger charge is 2.17. The largest absolute Gasteiger partial charge is 0.315 e. The lowest BCUT2D eigenvalue weighted by atomic mass is 10.1. The molecular formula is C7H16N2O2S. The second-order valence-electron chi connectivity index (χ2n) is 3.06. The van der Waals surface area contributed by atoms with Crippen molar-refractivity contribution in [2.45, 2.75) is 25.8 Å². The van der Waals surface area contributed by atoms with Crippen LogP contribution >= 0.6 is 0 Å². The van der Waals surface area contributed by atoms with Gasteiger partial charge < -0.3 is 5.32 Å². The summed E-state index contributed by atoms with van der Waals surface area (Å²) in [4.78, 5) is 0. The van der Waals surface area contributed by atoms with Crippen LogP contribution in [-0.4, -0.2) is 33.3 Å². The molecule has 0 aliphatic carbocycles. The number of hydrogen-bond donors (Lipinski definition) is 2. The molecule has 1 aliphatic rings. The van der Waals surface area contributed by atoms with Gasteiger partial charge in [0, 0.05) is 12.6 Å². The predicted molar refractivity (Wildman–Crippen MR) is 48.5 cm³/mol. The maximum Gasteiger partial charge on any atom is 0.211 e. The Hall–Kier alpha value is -0.130. The van der Waals surface area contributed by atoms with Gasteiger partial charge >= 0.3 is 0 Å². The van der Waals surface area contributed by atoms with Crippen LogP contribution in [0.4, 0.5) is 0 Å². The predicted octanol–water partition coefficient (Wildman–Crippen LogP) is -0.322. The van der Waals surface area contributed by atoms with Gasteiger partial charge in [0.1, 0.15) is 0 Å². The highest BCUT2D eigenvalue weighted by Crippen LogP contribution is 2.02. The van der Waals surface area contributed by atoms with Gasteiger partial charge in [-0.2, -0.15) is 0 Å². The number of hydrogen-bond acceptors (Lipinski definition) is 3. The average Bonchev–Trinajstić information content (AvgIpc) is 2.06. The van der Waals surface area contributed by atoms with Crippen LogP contribution in [-0.2, 0) is 10.0 Å². The SMILES string of the molecule is CCS(=O)(=O)N[C@H]1CCCNC1. The third-order valence-electron chi connectivity index (χ3n) is 2.02. The number of nitrogens with one attached hydrogen (secondary N) is 2. The summed E-state index contributed by atoms with van der Waals surface area (Å²) in [7, 11) is -3.01. The minimum Gasteiger partial charge on any atom is -0.315 e. The third-order valence-corrected chi connectivity index (χ3v) is 3.48. The Morgan fingerprint density at radius 1 is 1.58 bits per heavy atom. The van der Waals surface area contributed by atoms with Gasteiger partial charge in [0.05, 0.1) is 5.75 Å². The first-order valence-corrected chi connectivity index (χ1v) is 6.00. The molecule has 0 aromatic carbocycles. The van der Waals surface area contributed by atoms with E-state index in [1.165, 1.54) is 0 Å². The Balaban J connectivity index is 2.39. The second kappa shape index (κ2) is 4.20. The van der Waals surface area contributed by atoms with Crippen LogP contribution in [0.5, 0.6) is 0 Å². The summed E-state index contributed by atoms with van der Waals surface area (Å²) in [6.45, 7) is 3.42. The van der Waals surface area contributed by atoms with Gasteiger partial charge in [-0.15, -0.1) is 0 Å². The second-order valence-corrected chi connectivity index (χ2v) is 5.11. The van der Waals surface area contributed by atoms with Crippen LogP contribution in [0.15, 0.2) is 0 Å². The molecular weight excluding hydrogens is 176 g/mol. The van der Waals surface area contributed by atoms with Crippen LogP contribution in [0.2, 0.25) is 0 Å². The highest BCUT2D eigenvalue weighted by atomic mass is 32.2. The van der Waals surface area contributed by atoms with E-state index in [0.717, 1.165) is 25.9 Å². The molecule has 12 heavy (non-hydrogen) atoms. The smallest absolute Gasteiger partial charge is 0.211 e. The maximum absolute atomic E-state index is 11.1. The van der Waals surface area contributed by atoms with Crippen LogP contribution in [0, 0.1) is 0 Å². The van der Waals surface area contributed by atoms with Crippen molar-refractivity contribution in [1.29, 1.82) is 0 Å². The van der Waals surface area contributed by atoms with Crippen LogP contribution in [0.1, 0.15) is 19.8 Å². The molecule has 1 aliphatic heterocycles. The molecule has 1 atom stereocenters. The van der Waals surface area contributed by atoms with Gasteiger partial charge in [-0.25, -0.2) is 13.1 Å². The molecule has 0 saturated carbocycles. The van der Waals surface area contributed by atoms with E-state index in [-0.39, 0.29) is 11.8 Å². The summed E-state index contributed by atoms with van der Waals surface area (Å²) in [6.07, 6.45) is 2.00. The summed E-state index contributed by atoms with van der Waals surface area (Å²) < 4.78 is 24.9. The Morgan fingerprint density at radius 2 is 2.33 bits per heavy atom. The first kappa shape index (κ1) is 9.95. The van der Waals surface area contributed by atoms with E-state index in [1.54, 1.807) is 6.92 Å². The fourth-order valence-electron chi connectivity index (χ4n) is 1.29. The molecule has 0 spiro atoms. The summed E-state index contributed by atoms with van der Waals surface area (Å²) in [6, 6.07) is 0.101. The van der Waals surface area contributed by atoms with E-state index in [4.69, 9.17) is 0 Å². The zero-order chi connectivity index (χ0) is 9.03. The molecule has 0 aromatic heterocycles. The number of piperidine rings is 1. The molecule has 72 valence electrons. The molecule has 0 amide bonds. The molecule has 0 aromatic rings. The lowest BCUT2D eigenvalue weighted by molar-refractivity contribution is 0.429. The number of rotatable bonds is 3. The molecule has 1 rings (SSSR count). The molecule has 1 heterocycles. The van der Waals surface area contributed by atoms with Crippen molar-refractivity contribution in [3.8, 4) is 0 Å². The molecule has 4 nitrogen and oxygen atoms in total. The normalized spacial score (nSPS) is 25.6. The molecule has 5 heteroatoms. The molecule has 0 radical (unpaired) electrons. The van der Waals surface area contributed by atoms with Gasteiger partial charge in [-0.05, 0) is 26.3 Å². The van der Waals surface area contributed by atoms with Crippen molar-refractivity contribution in [3.05, 3.63) is 0 Å². The Morgan fingerprint density at radius 3 is 2.83 bits per heavy atom. The van der Waals surface area contributed by atoms with Crippen molar-refractivity contribution in [3.63, 3.8) is 0 Å². The van der Waals surface area contributed by atoms with Gasteiger partial charge in [0.15, 0.2) is 0 Å². The highest BCUT2D eigenvalue weighted by molar-refractivity contribution is 7.89. The fourth-order valence-corrected chi connectivity index (χ4v) is 2.17. The lowest BCUT2D eigenvalue weighted by Crippen LogP contribution is -2.45. The van der Waals surface area contributed by atoms with E-state index in [2.05, 4.69) is 10.0 Å². The summed E-state index contributed by atoms with van der Waals surface area (Å²) in [5.74, 6) is 0.170. The Labute approximate surface area is 73.8 Å². The van der Waals surface area contributed by atoms with Crippen molar-refractivity contribution >= 4 is 10.0 Å². The average molecular weight is 192 g/mol. The van der Waals surface area contributed by atoms with Crippen LogP contribution in [0.25, 0.3) is 0 Å². The summed E-state index contributed by atoms with van der Waals surface area (Å²) in [5, 5.41) is 3.15. The zero-order valence-corrected chi connectivity index (χ0v) is 8.15. The van der Waals surface area contributed by atoms with Gasteiger partial charge in [0.2, 0.25) is 10.0 Å². The topological polar surface area (TPSA) is 58.2 Å². The molecule has 0 unspecified atom stereocenters. The fraction of sp³-hybridized carbons (Fsp3) is 1.00. The quantitative estimate of drug-likeness (QED) is 0.644. The number of sulfonamides is 1. The van der Waals surface area contributed by atoms with Gasteiger partial charge in [-0.3, -0.25) is 0 Å². The van der Waals surface area contributed by atoms with E-state index in [0.29, 0.717) is 0 Å². The monoisotopic (exact) mass is 192 g/mol. The van der Waals surface area contributed by atoms with E-state index >= 15 is 0 Å². The molecule has 1 fully saturated rings. The van der Waals surface area contributed by atoms with Crippen LogP contribution in [0.3, 0.4) is 0 Å². The summed E-state index contributed by atoms with van der Waals surface area (Å²) in [5.41, 5.74) is 0. The van der Waals surface area contributed by atoms with Crippen molar-refractivity contribution < 1.29 is 8.42 Å². The molecule has 2 N–H and O–H groups in total. The van der Waals surface area contributed by atoms with Crippen molar-refractivity contribution in [2.24, 2.45) is 0 Å². The minimum absolute atomic E-state index is 0.101. The van der Waals surface area contributed by atoms with Crippen molar-refractivity contribution in [1.82, 2.24) is 10.0 Å². The Kier molecular flexibility index (Phi) is 3.49.